The number of rotatable bonds is 5. The Bertz CT molecular complexity index is 861. The second kappa shape index (κ2) is 6.95. The van der Waals surface area contributed by atoms with Crippen LogP contribution >= 0.6 is 0 Å². The number of para-hydroxylation sites is 1. The van der Waals surface area contributed by atoms with Crippen molar-refractivity contribution in [2.24, 2.45) is 0 Å². The molecule has 0 spiro atoms. The Morgan fingerprint density at radius 3 is 2.88 bits per heavy atom. The van der Waals surface area contributed by atoms with Gasteiger partial charge in [0.15, 0.2) is 0 Å². The Hall–Kier alpha value is -3.15. The summed E-state index contributed by atoms with van der Waals surface area (Å²) in [6.07, 6.45) is 3.24. The summed E-state index contributed by atoms with van der Waals surface area (Å²) >= 11 is 0. The van der Waals surface area contributed by atoms with Gasteiger partial charge in [0.05, 0.1) is 31.1 Å². The van der Waals surface area contributed by atoms with E-state index in [-0.39, 0.29) is 11.7 Å². The Balaban J connectivity index is 1.71. The zero-order valence-corrected chi connectivity index (χ0v) is 13.1. The van der Waals surface area contributed by atoms with Gasteiger partial charge in [-0.2, -0.15) is 5.10 Å². The average molecular weight is 325 g/mol. The van der Waals surface area contributed by atoms with Crippen LogP contribution in [0, 0.1) is 5.82 Å². The van der Waals surface area contributed by atoms with Gasteiger partial charge in [0.1, 0.15) is 11.6 Å². The summed E-state index contributed by atoms with van der Waals surface area (Å²) in [4.78, 5) is 12.3. The highest BCUT2D eigenvalue weighted by Crippen LogP contribution is 2.19. The summed E-state index contributed by atoms with van der Waals surface area (Å²) in [6.45, 7) is 0.419. The largest absolute Gasteiger partial charge is 0.496 e. The fraction of sp³-hybridized carbons (Fsp3) is 0.111. The van der Waals surface area contributed by atoms with Crippen molar-refractivity contribution in [1.29, 1.82) is 0 Å². The summed E-state index contributed by atoms with van der Waals surface area (Å²) in [5.74, 6) is -0.0655. The number of nitrogens with one attached hydrogen (secondary N) is 1. The standard InChI is InChI=1S/C18H16FN3O2/c1-24-17-8-3-2-7-16(17)18(23)21-15-10-20-22(12-15)11-13-5-4-6-14(19)9-13/h2-10,12H,11H2,1H3,(H,21,23). The van der Waals surface area contributed by atoms with Crippen molar-refractivity contribution < 1.29 is 13.9 Å². The second-order valence-corrected chi connectivity index (χ2v) is 5.21. The summed E-state index contributed by atoms with van der Waals surface area (Å²) in [5.41, 5.74) is 1.79. The molecular formula is C18H16FN3O2. The van der Waals surface area contributed by atoms with Crippen LogP contribution in [0.5, 0.6) is 5.75 Å². The highest BCUT2D eigenvalue weighted by atomic mass is 19.1. The van der Waals surface area contributed by atoms with Crippen LogP contribution < -0.4 is 10.1 Å². The molecule has 0 saturated heterocycles. The number of benzene rings is 2. The molecule has 24 heavy (non-hydrogen) atoms. The summed E-state index contributed by atoms with van der Waals surface area (Å²) in [5, 5.41) is 6.95. The number of aromatic nitrogens is 2. The van der Waals surface area contributed by atoms with E-state index in [4.69, 9.17) is 4.74 Å². The fourth-order valence-electron chi connectivity index (χ4n) is 2.37. The van der Waals surface area contributed by atoms with Gasteiger partial charge in [-0.25, -0.2) is 4.39 Å². The molecule has 3 aromatic rings. The number of halogens is 1. The molecule has 0 unspecified atom stereocenters. The zero-order chi connectivity index (χ0) is 16.9. The molecule has 122 valence electrons. The van der Waals surface area contributed by atoms with Gasteiger partial charge >= 0.3 is 0 Å². The lowest BCUT2D eigenvalue weighted by Gasteiger charge is -2.07. The maximum atomic E-state index is 13.2. The molecule has 0 aliphatic rings. The monoisotopic (exact) mass is 325 g/mol. The predicted octanol–water partition coefficient (Wildman–Crippen LogP) is 3.33. The number of nitrogens with zero attached hydrogens (tertiary/aromatic N) is 2. The molecule has 0 bridgehead atoms. The van der Waals surface area contributed by atoms with Gasteiger partial charge in [0, 0.05) is 6.20 Å². The third kappa shape index (κ3) is 3.60. The van der Waals surface area contributed by atoms with E-state index >= 15 is 0 Å². The number of hydrogen-bond donors (Lipinski definition) is 1. The first-order valence-electron chi connectivity index (χ1n) is 7.37. The number of methoxy groups -OCH3 is 1. The molecule has 0 aliphatic heterocycles. The van der Waals surface area contributed by atoms with Crippen molar-refractivity contribution in [3.05, 3.63) is 77.9 Å². The second-order valence-electron chi connectivity index (χ2n) is 5.21. The van der Waals surface area contributed by atoms with E-state index in [9.17, 15) is 9.18 Å². The molecular weight excluding hydrogens is 309 g/mol. The molecule has 0 atom stereocenters. The SMILES string of the molecule is COc1ccccc1C(=O)Nc1cnn(Cc2cccc(F)c2)c1. The molecule has 5 nitrogen and oxygen atoms in total. The molecule has 0 saturated carbocycles. The van der Waals surface area contributed by atoms with Gasteiger partial charge in [-0.05, 0) is 29.8 Å². The Morgan fingerprint density at radius 1 is 1.25 bits per heavy atom. The first-order valence-corrected chi connectivity index (χ1v) is 7.37. The van der Waals surface area contributed by atoms with Crippen molar-refractivity contribution in [3.63, 3.8) is 0 Å². The van der Waals surface area contributed by atoms with Crippen LogP contribution in [0.2, 0.25) is 0 Å². The summed E-state index contributed by atoms with van der Waals surface area (Å²) in [6, 6.07) is 13.3. The molecule has 1 amide bonds. The Morgan fingerprint density at radius 2 is 2.08 bits per heavy atom. The fourth-order valence-corrected chi connectivity index (χ4v) is 2.37. The van der Waals surface area contributed by atoms with Crippen LogP contribution in [0.3, 0.4) is 0 Å². The molecule has 0 radical (unpaired) electrons. The van der Waals surface area contributed by atoms with E-state index in [1.165, 1.54) is 19.2 Å². The van der Waals surface area contributed by atoms with Crippen molar-refractivity contribution >= 4 is 11.6 Å². The van der Waals surface area contributed by atoms with Crippen LogP contribution in [0.25, 0.3) is 0 Å². The summed E-state index contributed by atoms with van der Waals surface area (Å²) < 4.78 is 20.0. The van der Waals surface area contributed by atoms with Gasteiger partial charge in [-0.15, -0.1) is 0 Å². The van der Waals surface area contributed by atoms with Crippen molar-refractivity contribution in [2.45, 2.75) is 6.54 Å². The third-order valence-electron chi connectivity index (χ3n) is 3.48. The Kier molecular flexibility index (Phi) is 4.56. The lowest BCUT2D eigenvalue weighted by atomic mass is 10.2. The van der Waals surface area contributed by atoms with Crippen LogP contribution in [0.15, 0.2) is 60.9 Å². The van der Waals surface area contributed by atoms with Crippen LogP contribution in [0.4, 0.5) is 10.1 Å². The molecule has 0 aliphatic carbocycles. The third-order valence-corrected chi connectivity index (χ3v) is 3.48. The van der Waals surface area contributed by atoms with E-state index in [1.54, 1.807) is 47.4 Å². The minimum atomic E-state index is -0.288. The predicted molar refractivity (Wildman–Crippen MR) is 88.7 cm³/mol. The molecule has 2 aromatic carbocycles. The minimum Gasteiger partial charge on any atom is -0.496 e. The maximum absolute atomic E-state index is 13.2. The van der Waals surface area contributed by atoms with Gasteiger partial charge in [0.25, 0.3) is 5.91 Å². The van der Waals surface area contributed by atoms with Crippen LogP contribution in [-0.2, 0) is 6.54 Å². The molecule has 1 N–H and O–H groups in total. The molecule has 1 aromatic heterocycles. The topological polar surface area (TPSA) is 56.1 Å². The maximum Gasteiger partial charge on any atom is 0.259 e. The lowest BCUT2D eigenvalue weighted by Crippen LogP contribution is -2.12. The Labute approximate surface area is 138 Å². The molecule has 0 fully saturated rings. The highest BCUT2D eigenvalue weighted by molar-refractivity contribution is 6.06. The van der Waals surface area contributed by atoms with Crippen molar-refractivity contribution in [1.82, 2.24) is 9.78 Å². The van der Waals surface area contributed by atoms with E-state index < -0.39 is 0 Å². The minimum absolute atomic E-state index is 0.280. The average Bonchev–Trinajstić information content (AvgIpc) is 3.01. The number of hydrogen-bond acceptors (Lipinski definition) is 3. The quantitative estimate of drug-likeness (QED) is 0.783. The zero-order valence-electron chi connectivity index (χ0n) is 13.1. The molecule has 6 heteroatoms. The van der Waals surface area contributed by atoms with Crippen molar-refractivity contribution in [2.75, 3.05) is 12.4 Å². The van der Waals surface area contributed by atoms with Crippen LogP contribution in [0.1, 0.15) is 15.9 Å². The van der Waals surface area contributed by atoms with Gasteiger partial charge in [0.2, 0.25) is 0 Å². The van der Waals surface area contributed by atoms with Gasteiger partial charge in [-0.1, -0.05) is 24.3 Å². The van der Waals surface area contributed by atoms with Crippen LogP contribution in [-0.4, -0.2) is 22.8 Å². The van der Waals surface area contributed by atoms with Gasteiger partial charge in [-0.3, -0.25) is 9.48 Å². The lowest BCUT2D eigenvalue weighted by molar-refractivity contribution is 0.102. The van der Waals surface area contributed by atoms with E-state index in [0.717, 1.165) is 5.56 Å². The number of amides is 1. The van der Waals surface area contributed by atoms with Gasteiger partial charge < -0.3 is 10.1 Å². The number of carbonyl (C=O) groups is 1. The smallest absolute Gasteiger partial charge is 0.259 e. The van der Waals surface area contributed by atoms with E-state index in [1.807, 2.05) is 6.07 Å². The number of ether oxygens (including phenoxy) is 1. The first kappa shape index (κ1) is 15.7. The molecule has 1 heterocycles. The van der Waals surface area contributed by atoms with E-state index in [2.05, 4.69) is 10.4 Å². The highest BCUT2D eigenvalue weighted by Gasteiger charge is 2.12. The number of carbonyl (C=O) groups excluding carboxylic acids is 1. The summed E-state index contributed by atoms with van der Waals surface area (Å²) in [7, 11) is 1.52. The van der Waals surface area contributed by atoms with Crippen molar-refractivity contribution in [3.8, 4) is 5.75 Å². The normalized spacial score (nSPS) is 10.4. The van der Waals surface area contributed by atoms with E-state index in [0.29, 0.717) is 23.5 Å². The number of anilines is 1. The first-order chi connectivity index (χ1) is 11.7. The molecule has 3 rings (SSSR count).